The molecule has 2 rings (SSSR count). The topological polar surface area (TPSA) is 26.3 Å². The van der Waals surface area contributed by atoms with Crippen molar-refractivity contribution in [2.24, 2.45) is 0 Å². The Labute approximate surface area is 98.7 Å². The molecule has 0 aliphatic rings. The highest BCUT2D eigenvalue weighted by molar-refractivity contribution is 6.09. The first kappa shape index (κ1) is 11.3. The molecule has 0 fully saturated rings. The lowest BCUT2D eigenvalue weighted by molar-refractivity contribution is 0.103. The fourth-order valence-electron chi connectivity index (χ4n) is 1.56. The van der Waals surface area contributed by atoms with E-state index < -0.39 is 5.82 Å². The van der Waals surface area contributed by atoms with Crippen LogP contribution in [-0.2, 0) is 0 Å². The highest BCUT2D eigenvalue weighted by atomic mass is 19.1. The van der Waals surface area contributed by atoms with E-state index in [2.05, 4.69) is 0 Å². The zero-order valence-electron chi connectivity index (χ0n) is 9.31. The van der Waals surface area contributed by atoms with Gasteiger partial charge in [-0.3, -0.25) is 4.79 Å². The molecule has 0 heterocycles. The maximum atomic E-state index is 13.4. The summed E-state index contributed by atoms with van der Waals surface area (Å²) in [7, 11) is 1.39. The second kappa shape index (κ2) is 4.78. The second-order valence-corrected chi connectivity index (χ2v) is 3.54. The van der Waals surface area contributed by atoms with Crippen LogP contribution in [0.25, 0.3) is 0 Å². The molecule has 2 nitrogen and oxygen atoms in total. The SMILES string of the molecule is COc1ccc(C(=O)c2ccccc2)cc1F. The van der Waals surface area contributed by atoms with Gasteiger partial charge < -0.3 is 4.74 Å². The third kappa shape index (κ3) is 2.33. The third-order valence-electron chi connectivity index (χ3n) is 2.45. The van der Waals surface area contributed by atoms with Crippen LogP contribution in [0.2, 0.25) is 0 Å². The second-order valence-electron chi connectivity index (χ2n) is 3.54. The fraction of sp³-hybridized carbons (Fsp3) is 0.0714. The molecule has 2 aromatic carbocycles. The Kier molecular flexibility index (Phi) is 3.19. The minimum Gasteiger partial charge on any atom is -0.494 e. The summed E-state index contributed by atoms with van der Waals surface area (Å²) in [6.07, 6.45) is 0. The summed E-state index contributed by atoms with van der Waals surface area (Å²) in [6.45, 7) is 0. The number of rotatable bonds is 3. The van der Waals surface area contributed by atoms with Gasteiger partial charge in [-0.2, -0.15) is 0 Å². The fourth-order valence-corrected chi connectivity index (χ4v) is 1.56. The summed E-state index contributed by atoms with van der Waals surface area (Å²) in [5.41, 5.74) is 0.853. The van der Waals surface area contributed by atoms with Gasteiger partial charge in [0, 0.05) is 11.1 Å². The first-order chi connectivity index (χ1) is 8.22. The van der Waals surface area contributed by atoms with Crippen molar-refractivity contribution in [2.45, 2.75) is 0 Å². The van der Waals surface area contributed by atoms with E-state index >= 15 is 0 Å². The molecule has 3 heteroatoms. The smallest absolute Gasteiger partial charge is 0.193 e. The summed E-state index contributed by atoms with van der Waals surface area (Å²) in [4.78, 5) is 12.0. The maximum Gasteiger partial charge on any atom is 0.193 e. The molecule has 0 saturated carbocycles. The highest BCUT2D eigenvalue weighted by Gasteiger charge is 2.11. The summed E-state index contributed by atoms with van der Waals surface area (Å²) >= 11 is 0. The quantitative estimate of drug-likeness (QED) is 0.757. The first-order valence-corrected chi connectivity index (χ1v) is 5.15. The highest BCUT2D eigenvalue weighted by Crippen LogP contribution is 2.19. The maximum absolute atomic E-state index is 13.4. The van der Waals surface area contributed by atoms with Gasteiger partial charge in [0.1, 0.15) is 0 Å². The van der Waals surface area contributed by atoms with Crippen LogP contribution in [-0.4, -0.2) is 12.9 Å². The van der Waals surface area contributed by atoms with Gasteiger partial charge in [-0.05, 0) is 18.2 Å². The van der Waals surface area contributed by atoms with Crippen LogP contribution >= 0.6 is 0 Å². The van der Waals surface area contributed by atoms with Gasteiger partial charge in [0.15, 0.2) is 17.3 Å². The summed E-state index contributed by atoms with van der Waals surface area (Å²) < 4.78 is 18.2. The molecule has 0 aliphatic carbocycles. The molecule has 0 aliphatic heterocycles. The molecule has 0 amide bonds. The normalized spacial score (nSPS) is 10.0. The van der Waals surface area contributed by atoms with Crippen molar-refractivity contribution < 1.29 is 13.9 Å². The van der Waals surface area contributed by atoms with E-state index in [1.54, 1.807) is 30.3 Å². The van der Waals surface area contributed by atoms with Gasteiger partial charge in [-0.25, -0.2) is 4.39 Å². The average molecular weight is 230 g/mol. The molecular weight excluding hydrogens is 219 g/mol. The lowest BCUT2D eigenvalue weighted by atomic mass is 10.0. The summed E-state index contributed by atoms with van der Waals surface area (Å²) in [5.74, 6) is -0.601. The Hall–Kier alpha value is -2.16. The van der Waals surface area contributed by atoms with E-state index in [1.807, 2.05) is 6.07 Å². The standard InChI is InChI=1S/C14H11FO2/c1-17-13-8-7-11(9-12(13)15)14(16)10-5-3-2-4-6-10/h2-9H,1H3. The number of carbonyl (C=O) groups excluding carboxylic acids is 1. The molecule has 0 N–H and O–H groups in total. The number of halogens is 1. The zero-order chi connectivity index (χ0) is 12.3. The first-order valence-electron chi connectivity index (χ1n) is 5.15. The molecule has 0 aromatic heterocycles. The van der Waals surface area contributed by atoms with Gasteiger partial charge in [0.25, 0.3) is 0 Å². The Bertz CT molecular complexity index is 535. The Morgan fingerprint density at radius 3 is 2.35 bits per heavy atom. The zero-order valence-corrected chi connectivity index (χ0v) is 9.31. The van der Waals surface area contributed by atoms with Crippen molar-refractivity contribution in [1.82, 2.24) is 0 Å². The van der Waals surface area contributed by atoms with Gasteiger partial charge in [0.05, 0.1) is 7.11 Å². The average Bonchev–Trinajstić information content (AvgIpc) is 2.39. The van der Waals surface area contributed by atoms with Crippen molar-refractivity contribution >= 4 is 5.78 Å². The van der Waals surface area contributed by atoms with E-state index in [0.717, 1.165) is 0 Å². The van der Waals surface area contributed by atoms with Crippen LogP contribution in [0.5, 0.6) is 5.75 Å². The van der Waals surface area contributed by atoms with Crippen LogP contribution in [0.1, 0.15) is 15.9 Å². The number of ketones is 1. The number of hydrogen-bond acceptors (Lipinski definition) is 2. The number of carbonyl (C=O) groups is 1. The molecule has 0 atom stereocenters. The largest absolute Gasteiger partial charge is 0.494 e. The lowest BCUT2D eigenvalue weighted by Crippen LogP contribution is -2.02. The van der Waals surface area contributed by atoms with Crippen LogP contribution in [0.4, 0.5) is 4.39 Å². The van der Waals surface area contributed by atoms with Crippen molar-refractivity contribution in [2.75, 3.05) is 7.11 Å². The minimum atomic E-state index is -0.533. The van der Waals surface area contributed by atoms with Gasteiger partial charge in [0.2, 0.25) is 0 Å². The molecule has 0 saturated heterocycles. The van der Waals surface area contributed by atoms with Gasteiger partial charge in [-0.1, -0.05) is 30.3 Å². The molecule has 17 heavy (non-hydrogen) atoms. The van der Waals surface area contributed by atoms with Crippen molar-refractivity contribution in [3.63, 3.8) is 0 Å². The monoisotopic (exact) mass is 230 g/mol. The molecule has 0 unspecified atom stereocenters. The predicted molar refractivity (Wildman–Crippen MR) is 62.8 cm³/mol. The van der Waals surface area contributed by atoms with E-state index in [4.69, 9.17) is 4.74 Å². The van der Waals surface area contributed by atoms with E-state index in [0.29, 0.717) is 11.1 Å². The number of ether oxygens (including phenoxy) is 1. The summed E-state index contributed by atoms with van der Waals surface area (Å²) in [5, 5.41) is 0. The predicted octanol–water partition coefficient (Wildman–Crippen LogP) is 3.07. The van der Waals surface area contributed by atoms with E-state index in [-0.39, 0.29) is 11.5 Å². The van der Waals surface area contributed by atoms with Crippen LogP contribution in [0, 0.1) is 5.82 Å². The molecule has 0 spiro atoms. The van der Waals surface area contributed by atoms with Crippen LogP contribution in [0.15, 0.2) is 48.5 Å². The number of benzene rings is 2. The number of methoxy groups -OCH3 is 1. The molecular formula is C14H11FO2. The number of hydrogen-bond donors (Lipinski definition) is 0. The lowest BCUT2D eigenvalue weighted by Gasteiger charge is -2.04. The molecule has 0 radical (unpaired) electrons. The van der Waals surface area contributed by atoms with E-state index in [9.17, 15) is 9.18 Å². The molecule has 0 bridgehead atoms. The van der Waals surface area contributed by atoms with Gasteiger partial charge in [-0.15, -0.1) is 0 Å². The molecule has 86 valence electrons. The van der Waals surface area contributed by atoms with Gasteiger partial charge >= 0.3 is 0 Å². The van der Waals surface area contributed by atoms with Crippen molar-refractivity contribution in [1.29, 1.82) is 0 Å². The van der Waals surface area contributed by atoms with Crippen LogP contribution in [0.3, 0.4) is 0 Å². The van der Waals surface area contributed by atoms with Crippen molar-refractivity contribution in [3.8, 4) is 5.75 Å². The van der Waals surface area contributed by atoms with E-state index in [1.165, 1.54) is 19.2 Å². The Morgan fingerprint density at radius 2 is 1.76 bits per heavy atom. The Balaban J connectivity index is 2.35. The van der Waals surface area contributed by atoms with Crippen molar-refractivity contribution in [3.05, 3.63) is 65.5 Å². The summed E-state index contributed by atoms with van der Waals surface area (Å²) in [6, 6.07) is 13.0. The minimum absolute atomic E-state index is 0.134. The van der Waals surface area contributed by atoms with Crippen LogP contribution < -0.4 is 4.74 Å². The molecule has 2 aromatic rings. The third-order valence-corrected chi connectivity index (χ3v) is 2.45. The Morgan fingerprint density at radius 1 is 1.06 bits per heavy atom.